The Morgan fingerprint density at radius 1 is 1.17 bits per heavy atom. The van der Waals surface area contributed by atoms with Crippen LogP contribution in [0.1, 0.15) is 5.56 Å². The highest BCUT2D eigenvalue weighted by Gasteiger charge is 2.14. The summed E-state index contributed by atoms with van der Waals surface area (Å²) < 4.78 is 10.4. The minimum atomic E-state index is 0.358. The van der Waals surface area contributed by atoms with Gasteiger partial charge in [0.05, 0.1) is 6.26 Å². The number of nitrogen functional groups attached to an aromatic ring is 1. The number of nitrogens with two attached hydrogens (primary N) is 1. The molecule has 2 N–H and O–H groups in total. The van der Waals surface area contributed by atoms with Crippen molar-refractivity contribution in [2.75, 3.05) is 5.73 Å². The van der Waals surface area contributed by atoms with Crippen LogP contribution in [0, 0.1) is 6.92 Å². The first kappa shape index (κ1) is 10.6. The van der Waals surface area contributed by atoms with Gasteiger partial charge in [-0.25, -0.2) is 0 Å². The van der Waals surface area contributed by atoms with Gasteiger partial charge in [-0.15, -0.1) is 0 Å². The number of benzene rings is 1. The van der Waals surface area contributed by atoms with E-state index in [2.05, 4.69) is 10.1 Å². The van der Waals surface area contributed by atoms with Gasteiger partial charge in [0.1, 0.15) is 0 Å². The van der Waals surface area contributed by atoms with E-state index in [9.17, 15) is 0 Å². The molecule has 1 aromatic carbocycles. The first-order valence-corrected chi connectivity index (χ1v) is 5.49. The lowest BCUT2D eigenvalue weighted by molar-refractivity contribution is 0.417. The summed E-state index contributed by atoms with van der Waals surface area (Å²) in [6.45, 7) is 1.92. The van der Waals surface area contributed by atoms with Gasteiger partial charge in [-0.3, -0.25) is 0 Å². The Hall–Kier alpha value is -2.56. The summed E-state index contributed by atoms with van der Waals surface area (Å²) in [7, 11) is 0. The molecule has 0 spiro atoms. The van der Waals surface area contributed by atoms with E-state index in [1.807, 2.05) is 25.1 Å². The molecule has 3 aromatic rings. The number of aromatic nitrogens is 2. The van der Waals surface area contributed by atoms with E-state index in [1.54, 1.807) is 18.4 Å². The molecule has 0 saturated carbocycles. The second-order valence-electron chi connectivity index (χ2n) is 3.92. The third-order valence-corrected chi connectivity index (χ3v) is 2.77. The number of hydrogen-bond acceptors (Lipinski definition) is 5. The Kier molecular flexibility index (Phi) is 2.37. The second kappa shape index (κ2) is 4.03. The predicted octanol–water partition coefficient (Wildman–Crippen LogP) is 2.89. The predicted molar refractivity (Wildman–Crippen MR) is 66.6 cm³/mol. The van der Waals surface area contributed by atoms with Crippen LogP contribution < -0.4 is 5.73 Å². The van der Waals surface area contributed by atoms with Crippen LogP contribution in [0.3, 0.4) is 0 Å². The molecule has 5 heteroatoms. The molecule has 2 heterocycles. The van der Waals surface area contributed by atoms with E-state index >= 15 is 0 Å². The smallest absolute Gasteiger partial charge is 0.293 e. The van der Waals surface area contributed by atoms with E-state index in [0.717, 1.165) is 11.1 Å². The maximum atomic E-state index is 5.85. The van der Waals surface area contributed by atoms with Crippen molar-refractivity contribution < 1.29 is 8.94 Å². The number of furan rings is 1. The first-order valence-electron chi connectivity index (χ1n) is 5.49. The maximum Gasteiger partial charge on any atom is 0.293 e. The Morgan fingerprint density at radius 3 is 2.83 bits per heavy atom. The van der Waals surface area contributed by atoms with Crippen LogP contribution in [0.4, 0.5) is 5.69 Å². The van der Waals surface area contributed by atoms with Gasteiger partial charge in [-0.05, 0) is 30.7 Å². The van der Waals surface area contributed by atoms with Crippen LogP contribution in [0.25, 0.3) is 23.0 Å². The zero-order valence-corrected chi connectivity index (χ0v) is 9.75. The van der Waals surface area contributed by atoms with Gasteiger partial charge in [0, 0.05) is 11.3 Å². The molecule has 3 rings (SSSR count). The Balaban J connectivity index is 2.06. The molecule has 0 fully saturated rings. The molecule has 0 amide bonds. The van der Waals surface area contributed by atoms with Crippen molar-refractivity contribution in [3.05, 3.63) is 42.2 Å². The van der Waals surface area contributed by atoms with E-state index in [-0.39, 0.29) is 0 Å². The van der Waals surface area contributed by atoms with Gasteiger partial charge >= 0.3 is 0 Å². The zero-order valence-electron chi connectivity index (χ0n) is 9.75. The third-order valence-electron chi connectivity index (χ3n) is 2.77. The van der Waals surface area contributed by atoms with Crippen LogP contribution in [0.2, 0.25) is 0 Å². The number of rotatable bonds is 2. The molecular formula is C13H11N3O2. The monoisotopic (exact) mass is 241 g/mol. The Bertz CT molecular complexity index is 671. The fourth-order valence-corrected chi connectivity index (χ4v) is 1.73. The van der Waals surface area contributed by atoms with E-state index in [4.69, 9.17) is 14.7 Å². The molecule has 90 valence electrons. The molecule has 0 atom stereocenters. The molecule has 0 aliphatic carbocycles. The van der Waals surface area contributed by atoms with Crippen molar-refractivity contribution in [3.63, 3.8) is 0 Å². The minimum absolute atomic E-state index is 0.358. The third kappa shape index (κ3) is 1.66. The zero-order chi connectivity index (χ0) is 12.5. The van der Waals surface area contributed by atoms with Crippen LogP contribution in [0.15, 0.2) is 45.5 Å². The molecule has 0 aliphatic heterocycles. The molecular weight excluding hydrogens is 230 g/mol. The molecule has 18 heavy (non-hydrogen) atoms. The van der Waals surface area contributed by atoms with Crippen molar-refractivity contribution in [2.24, 2.45) is 0 Å². The second-order valence-corrected chi connectivity index (χ2v) is 3.92. The summed E-state index contributed by atoms with van der Waals surface area (Å²) in [6, 6.07) is 9.14. The van der Waals surface area contributed by atoms with Crippen molar-refractivity contribution in [3.8, 4) is 23.0 Å². The first-order chi connectivity index (χ1) is 8.75. The molecule has 2 aromatic heterocycles. The summed E-state index contributed by atoms with van der Waals surface area (Å²) in [5.41, 5.74) is 8.35. The highest BCUT2D eigenvalue weighted by atomic mass is 16.5. The van der Waals surface area contributed by atoms with E-state index in [1.165, 1.54) is 0 Å². The summed E-state index contributed by atoms with van der Waals surface area (Å²) in [6.07, 6.45) is 1.56. The average molecular weight is 241 g/mol. The van der Waals surface area contributed by atoms with Crippen LogP contribution in [-0.4, -0.2) is 10.1 Å². The van der Waals surface area contributed by atoms with Crippen LogP contribution >= 0.6 is 0 Å². The van der Waals surface area contributed by atoms with Gasteiger partial charge in [-0.1, -0.05) is 17.3 Å². The van der Waals surface area contributed by atoms with Gasteiger partial charge < -0.3 is 14.7 Å². The van der Waals surface area contributed by atoms with Crippen molar-refractivity contribution in [1.29, 1.82) is 0 Å². The molecule has 0 unspecified atom stereocenters. The standard InChI is InChI=1S/C13H11N3O2/c1-8-9(4-2-5-10(8)14)12-15-13(18-16-12)11-6-3-7-17-11/h2-7H,14H2,1H3. The average Bonchev–Trinajstić information content (AvgIpc) is 3.01. The highest BCUT2D eigenvalue weighted by molar-refractivity contribution is 5.68. The highest BCUT2D eigenvalue weighted by Crippen LogP contribution is 2.27. The molecule has 0 radical (unpaired) electrons. The summed E-state index contributed by atoms with van der Waals surface area (Å²) in [5.74, 6) is 1.42. The maximum absolute atomic E-state index is 5.85. The molecule has 0 bridgehead atoms. The van der Waals surface area contributed by atoms with Gasteiger partial charge in [0.2, 0.25) is 5.82 Å². The Labute approximate surface area is 103 Å². The largest absolute Gasteiger partial charge is 0.459 e. The van der Waals surface area contributed by atoms with Crippen molar-refractivity contribution in [1.82, 2.24) is 10.1 Å². The lowest BCUT2D eigenvalue weighted by Crippen LogP contribution is -1.92. The SMILES string of the molecule is Cc1c(N)cccc1-c1noc(-c2ccco2)n1. The lowest BCUT2D eigenvalue weighted by Gasteiger charge is -2.03. The van der Waals surface area contributed by atoms with Gasteiger partial charge in [0.25, 0.3) is 5.89 Å². The Morgan fingerprint density at radius 2 is 2.06 bits per heavy atom. The summed E-state index contributed by atoms with van der Waals surface area (Å²) in [4.78, 5) is 4.30. The van der Waals surface area contributed by atoms with Crippen molar-refractivity contribution >= 4 is 5.69 Å². The number of hydrogen-bond donors (Lipinski definition) is 1. The lowest BCUT2D eigenvalue weighted by atomic mass is 10.1. The van der Waals surface area contributed by atoms with E-state index in [0.29, 0.717) is 23.2 Å². The van der Waals surface area contributed by atoms with Crippen LogP contribution in [0.5, 0.6) is 0 Å². The normalized spacial score (nSPS) is 10.7. The molecule has 0 saturated heterocycles. The minimum Gasteiger partial charge on any atom is -0.459 e. The molecule has 0 aliphatic rings. The van der Waals surface area contributed by atoms with Crippen molar-refractivity contribution in [2.45, 2.75) is 6.92 Å². The van der Waals surface area contributed by atoms with E-state index < -0.39 is 0 Å². The van der Waals surface area contributed by atoms with Crippen LogP contribution in [-0.2, 0) is 0 Å². The van der Waals surface area contributed by atoms with Gasteiger partial charge in [0.15, 0.2) is 5.76 Å². The topological polar surface area (TPSA) is 78.1 Å². The summed E-state index contributed by atoms with van der Waals surface area (Å²) in [5, 5.41) is 3.94. The fraction of sp³-hybridized carbons (Fsp3) is 0.0769. The number of nitrogens with zero attached hydrogens (tertiary/aromatic N) is 2. The quantitative estimate of drug-likeness (QED) is 0.698. The number of anilines is 1. The summed E-state index contributed by atoms with van der Waals surface area (Å²) >= 11 is 0. The van der Waals surface area contributed by atoms with Gasteiger partial charge in [-0.2, -0.15) is 4.98 Å². The molecule has 5 nitrogen and oxygen atoms in total. The fourth-order valence-electron chi connectivity index (χ4n) is 1.73.